The number of hydrogen-bond donors (Lipinski definition) is 1. The van der Waals surface area contributed by atoms with E-state index in [0.717, 1.165) is 12.1 Å². The molecule has 5 heteroatoms. The summed E-state index contributed by atoms with van der Waals surface area (Å²) in [5, 5.41) is 0.423. The minimum atomic E-state index is -0.796. The van der Waals surface area contributed by atoms with Crippen LogP contribution in [0.5, 0.6) is 11.5 Å². The highest BCUT2D eigenvalue weighted by molar-refractivity contribution is 6.30. The number of rotatable bonds is 3. The molecule has 0 saturated carbocycles. The molecule has 0 spiro atoms. The van der Waals surface area contributed by atoms with E-state index in [0.29, 0.717) is 10.6 Å². The fourth-order valence-corrected chi connectivity index (χ4v) is 1.66. The third-order valence-electron chi connectivity index (χ3n) is 2.31. The predicted molar refractivity (Wildman–Crippen MR) is 65.8 cm³/mol. The van der Waals surface area contributed by atoms with Gasteiger partial charge in [-0.3, -0.25) is 0 Å². The number of ether oxygens (including phenoxy) is 1. The summed E-state index contributed by atoms with van der Waals surface area (Å²) in [4.78, 5) is 0. The van der Waals surface area contributed by atoms with Crippen LogP contribution < -0.4 is 10.5 Å². The summed E-state index contributed by atoms with van der Waals surface area (Å²) in [6, 6.07) is 8.57. The summed E-state index contributed by atoms with van der Waals surface area (Å²) in [6.07, 6.45) is 0. The average Bonchev–Trinajstić information content (AvgIpc) is 2.33. The van der Waals surface area contributed by atoms with Crippen LogP contribution in [0.3, 0.4) is 0 Å². The van der Waals surface area contributed by atoms with E-state index in [1.807, 2.05) is 0 Å². The van der Waals surface area contributed by atoms with E-state index in [9.17, 15) is 8.78 Å². The number of nitrogens with two attached hydrogens (primary N) is 1. The average molecular weight is 270 g/mol. The predicted octanol–water partition coefficient (Wildman–Crippen LogP) is 3.87. The van der Waals surface area contributed by atoms with Crippen molar-refractivity contribution >= 4 is 11.6 Å². The molecule has 0 saturated heterocycles. The maximum absolute atomic E-state index is 13.6. The lowest BCUT2D eigenvalue weighted by atomic mass is 10.2. The molecule has 0 atom stereocenters. The van der Waals surface area contributed by atoms with Crippen molar-refractivity contribution in [1.29, 1.82) is 0 Å². The summed E-state index contributed by atoms with van der Waals surface area (Å²) >= 11 is 5.75. The Kier molecular flexibility index (Phi) is 3.79. The van der Waals surface area contributed by atoms with E-state index < -0.39 is 17.4 Å². The van der Waals surface area contributed by atoms with Gasteiger partial charge in [0, 0.05) is 11.6 Å². The van der Waals surface area contributed by atoms with Gasteiger partial charge in [-0.15, -0.1) is 0 Å². The van der Waals surface area contributed by atoms with Crippen molar-refractivity contribution in [3.05, 3.63) is 58.6 Å². The van der Waals surface area contributed by atoms with Gasteiger partial charge in [-0.2, -0.15) is 0 Å². The standard InChI is InChI=1S/C13H10ClF2NO/c14-9-2-1-3-10(6-9)18-13-11(15)4-8(7-17)5-12(13)16/h1-6H,7,17H2. The van der Waals surface area contributed by atoms with Crippen LogP contribution in [0.1, 0.15) is 5.56 Å². The second kappa shape index (κ2) is 5.33. The lowest BCUT2D eigenvalue weighted by Gasteiger charge is -2.09. The van der Waals surface area contributed by atoms with Crippen LogP contribution in [0.4, 0.5) is 8.78 Å². The third-order valence-corrected chi connectivity index (χ3v) is 2.54. The molecule has 0 amide bonds. The van der Waals surface area contributed by atoms with E-state index >= 15 is 0 Å². The fourth-order valence-electron chi connectivity index (χ4n) is 1.48. The summed E-state index contributed by atoms with van der Waals surface area (Å²) in [5.74, 6) is -1.79. The molecule has 94 valence electrons. The van der Waals surface area contributed by atoms with Crippen molar-refractivity contribution in [3.63, 3.8) is 0 Å². The van der Waals surface area contributed by atoms with Crippen molar-refractivity contribution in [3.8, 4) is 11.5 Å². The topological polar surface area (TPSA) is 35.2 Å². The lowest BCUT2D eigenvalue weighted by Crippen LogP contribution is -2.00. The van der Waals surface area contributed by atoms with E-state index in [1.54, 1.807) is 18.2 Å². The van der Waals surface area contributed by atoms with Crippen LogP contribution in [0, 0.1) is 11.6 Å². The zero-order valence-electron chi connectivity index (χ0n) is 9.29. The normalized spacial score (nSPS) is 10.4. The zero-order valence-corrected chi connectivity index (χ0v) is 10.0. The van der Waals surface area contributed by atoms with Crippen LogP contribution in [0.25, 0.3) is 0 Å². The first kappa shape index (κ1) is 12.8. The van der Waals surface area contributed by atoms with Gasteiger partial charge < -0.3 is 10.5 Å². The van der Waals surface area contributed by atoms with E-state index in [-0.39, 0.29) is 12.3 Å². The summed E-state index contributed by atoms with van der Waals surface area (Å²) in [6.45, 7) is 0.0608. The van der Waals surface area contributed by atoms with Crippen molar-refractivity contribution in [2.45, 2.75) is 6.54 Å². The highest BCUT2D eigenvalue weighted by Gasteiger charge is 2.13. The molecule has 2 nitrogen and oxygen atoms in total. The molecule has 18 heavy (non-hydrogen) atoms. The molecular formula is C13H10ClF2NO. The Bertz CT molecular complexity index is 552. The summed E-state index contributed by atoms with van der Waals surface area (Å²) in [5.41, 5.74) is 5.68. The van der Waals surface area contributed by atoms with Crippen LogP contribution >= 0.6 is 11.6 Å². The molecule has 2 rings (SSSR count). The Hall–Kier alpha value is -1.65. The minimum Gasteiger partial charge on any atom is -0.451 e. The second-order valence-corrected chi connectivity index (χ2v) is 4.09. The van der Waals surface area contributed by atoms with Crippen molar-refractivity contribution in [2.24, 2.45) is 5.73 Å². The molecule has 0 unspecified atom stereocenters. The van der Waals surface area contributed by atoms with Gasteiger partial charge in [0.2, 0.25) is 0 Å². The maximum atomic E-state index is 13.6. The van der Waals surface area contributed by atoms with E-state index in [1.165, 1.54) is 6.07 Å². The monoisotopic (exact) mass is 269 g/mol. The molecule has 2 aromatic rings. The van der Waals surface area contributed by atoms with Gasteiger partial charge in [0.1, 0.15) is 5.75 Å². The van der Waals surface area contributed by atoms with E-state index in [2.05, 4.69) is 0 Å². The smallest absolute Gasteiger partial charge is 0.198 e. The van der Waals surface area contributed by atoms with Crippen molar-refractivity contribution < 1.29 is 13.5 Å². The number of benzene rings is 2. The Morgan fingerprint density at radius 1 is 1.11 bits per heavy atom. The van der Waals surface area contributed by atoms with E-state index in [4.69, 9.17) is 22.1 Å². The number of hydrogen-bond acceptors (Lipinski definition) is 2. The highest BCUT2D eigenvalue weighted by Crippen LogP contribution is 2.29. The summed E-state index contributed by atoms with van der Waals surface area (Å²) in [7, 11) is 0. The van der Waals surface area contributed by atoms with Gasteiger partial charge in [-0.1, -0.05) is 17.7 Å². The Labute approximate surface area is 108 Å². The van der Waals surface area contributed by atoms with Crippen LogP contribution in [-0.4, -0.2) is 0 Å². The first-order valence-electron chi connectivity index (χ1n) is 5.21. The Morgan fingerprint density at radius 3 is 2.33 bits per heavy atom. The SMILES string of the molecule is NCc1cc(F)c(Oc2cccc(Cl)c2)c(F)c1. The Morgan fingerprint density at radius 2 is 1.78 bits per heavy atom. The molecule has 0 aliphatic carbocycles. The number of halogens is 3. The van der Waals surface area contributed by atoms with Crippen LogP contribution in [0.15, 0.2) is 36.4 Å². The second-order valence-electron chi connectivity index (χ2n) is 3.65. The molecule has 0 aliphatic rings. The molecule has 0 fully saturated rings. The van der Waals surface area contributed by atoms with Crippen LogP contribution in [0.2, 0.25) is 5.02 Å². The van der Waals surface area contributed by atoms with Gasteiger partial charge in [-0.05, 0) is 35.9 Å². The quantitative estimate of drug-likeness (QED) is 0.918. The van der Waals surface area contributed by atoms with Crippen molar-refractivity contribution in [2.75, 3.05) is 0 Å². The maximum Gasteiger partial charge on any atom is 0.198 e. The first-order chi connectivity index (χ1) is 8.60. The molecule has 0 heterocycles. The molecule has 2 N–H and O–H groups in total. The van der Waals surface area contributed by atoms with Crippen molar-refractivity contribution in [1.82, 2.24) is 0 Å². The Balaban J connectivity index is 2.35. The molecular weight excluding hydrogens is 260 g/mol. The minimum absolute atomic E-state index is 0.0608. The zero-order chi connectivity index (χ0) is 13.1. The highest BCUT2D eigenvalue weighted by atomic mass is 35.5. The van der Waals surface area contributed by atoms with Gasteiger partial charge in [-0.25, -0.2) is 8.78 Å². The summed E-state index contributed by atoms with van der Waals surface area (Å²) < 4.78 is 32.4. The molecule has 0 aliphatic heterocycles. The van der Waals surface area contributed by atoms with Gasteiger partial charge in [0.15, 0.2) is 17.4 Å². The van der Waals surface area contributed by atoms with Gasteiger partial charge in [0.25, 0.3) is 0 Å². The fraction of sp³-hybridized carbons (Fsp3) is 0.0769. The lowest BCUT2D eigenvalue weighted by molar-refractivity contribution is 0.406. The first-order valence-corrected chi connectivity index (χ1v) is 5.59. The third kappa shape index (κ3) is 2.78. The van der Waals surface area contributed by atoms with Gasteiger partial charge in [0.05, 0.1) is 0 Å². The molecule has 0 radical (unpaired) electrons. The largest absolute Gasteiger partial charge is 0.451 e. The molecule has 0 bridgehead atoms. The molecule has 0 aromatic heterocycles. The van der Waals surface area contributed by atoms with Crippen LogP contribution in [-0.2, 0) is 6.54 Å². The van der Waals surface area contributed by atoms with Gasteiger partial charge >= 0.3 is 0 Å². The molecule has 2 aromatic carbocycles.